The molecule has 0 N–H and O–H groups in total. The number of halogens is 1. The van der Waals surface area contributed by atoms with Gasteiger partial charge in [0.1, 0.15) is 17.9 Å². The molecule has 1 saturated heterocycles. The Morgan fingerprint density at radius 2 is 1.96 bits per heavy atom. The molecule has 3 heterocycles. The van der Waals surface area contributed by atoms with Crippen molar-refractivity contribution in [1.29, 1.82) is 0 Å². The largest absolute Gasteiger partial charge is 1.00 e. The van der Waals surface area contributed by atoms with E-state index in [0.717, 1.165) is 0 Å². The minimum absolute atomic E-state index is 0. The number of carbonyl (C=O) groups is 2. The molecule has 2 aromatic rings. The van der Waals surface area contributed by atoms with Gasteiger partial charge in [0.15, 0.2) is 5.78 Å². The summed E-state index contributed by atoms with van der Waals surface area (Å²) in [6.07, 6.45) is 0. The first-order chi connectivity index (χ1) is 12.7. The van der Waals surface area contributed by atoms with Crippen LogP contribution >= 0.6 is 11.3 Å². The molecule has 0 radical (unpaired) electrons. The number of fused-ring (bicyclic) bond motifs is 4. The molecule has 142 valence electrons. The third-order valence-electron chi connectivity index (χ3n) is 4.55. The van der Waals surface area contributed by atoms with E-state index < -0.39 is 34.3 Å². The number of Topliss-reactive ketones (excluding diaryl/α,β-unsaturated/α-hetero) is 1. The Morgan fingerprint density at radius 3 is 2.54 bits per heavy atom. The first kappa shape index (κ1) is 21.4. The molecule has 12 heteroatoms. The minimum Gasteiger partial charge on any atom is -0.724 e. The smallest absolute Gasteiger partial charge is 0.724 e. The van der Waals surface area contributed by atoms with Crippen LogP contribution in [-0.4, -0.2) is 41.3 Å². The summed E-state index contributed by atoms with van der Waals surface area (Å²) in [4.78, 5) is 26.6. The summed E-state index contributed by atoms with van der Waals surface area (Å²) in [5, 5.41) is 2.26. The van der Waals surface area contributed by atoms with Gasteiger partial charge in [-0.05, 0) is 35.6 Å². The number of rotatable bonds is 4. The van der Waals surface area contributed by atoms with Crippen LogP contribution < -0.4 is 29.6 Å². The maximum atomic E-state index is 13.3. The summed E-state index contributed by atoms with van der Waals surface area (Å²) in [6, 6.07) is 3.03. The van der Waals surface area contributed by atoms with Crippen LogP contribution in [0.25, 0.3) is 11.1 Å². The maximum absolute atomic E-state index is 13.3. The molecule has 1 fully saturated rings. The molecule has 1 aromatic carbocycles. The number of nitrogens with zero attached hydrogens (tertiary/aromatic N) is 2. The van der Waals surface area contributed by atoms with E-state index in [0.29, 0.717) is 26.6 Å². The van der Waals surface area contributed by atoms with Crippen LogP contribution in [0.3, 0.4) is 0 Å². The van der Waals surface area contributed by atoms with Crippen molar-refractivity contribution in [3.8, 4) is 11.1 Å². The molecule has 1 aromatic heterocycles. The number of benzene rings is 1. The zero-order valence-electron chi connectivity index (χ0n) is 14.8. The predicted octanol–water partition coefficient (Wildman–Crippen LogP) is -0.628. The van der Waals surface area contributed by atoms with Gasteiger partial charge in [-0.3, -0.25) is 4.79 Å². The Labute approximate surface area is 186 Å². The van der Waals surface area contributed by atoms with Gasteiger partial charge >= 0.3 is 35.6 Å². The summed E-state index contributed by atoms with van der Waals surface area (Å²) in [6.45, 7) is 1.34. The third kappa shape index (κ3) is 3.52. The molecule has 1 unspecified atom stereocenters. The van der Waals surface area contributed by atoms with Crippen LogP contribution in [0.2, 0.25) is 0 Å². The Kier molecular flexibility index (Phi) is 5.71. The number of amides is 2. The van der Waals surface area contributed by atoms with Gasteiger partial charge in [0.2, 0.25) is 10.4 Å². The third-order valence-corrected chi connectivity index (χ3v) is 5.99. The average Bonchev–Trinajstić information content (AvgIpc) is 3.11. The number of thiophene rings is 1. The van der Waals surface area contributed by atoms with Crippen LogP contribution in [0.4, 0.5) is 9.18 Å². The van der Waals surface area contributed by atoms with E-state index in [1.807, 2.05) is 0 Å². The van der Waals surface area contributed by atoms with Crippen LogP contribution in [0, 0.1) is 5.82 Å². The summed E-state index contributed by atoms with van der Waals surface area (Å²) in [5.74, 6) is -0.734. The van der Waals surface area contributed by atoms with Crippen molar-refractivity contribution in [3.05, 3.63) is 45.9 Å². The topological polar surface area (TPSA) is 107 Å². The van der Waals surface area contributed by atoms with E-state index >= 15 is 0 Å². The van der Waals surface area contributed by atoms with Gasteiger partial charge in [-0.1, -0.05) is 12.1 Å². The van der Waals surface area contributed by atoms with Gasteiger partial charge < -0.3 is 9.45 Å². The Hall–Kier alpha value is -1.34. The van der Waals surface area contributed by atoms with Gasteiger partial charge in [0.25, 0.3) is 0 Å². The van der Waals surface area contributed by atoms with Gasteiger partial charge in [-0.25, -0.2) is 17.6 Å². The van der Waals surface area contributed by atoms with Crippen molar-refractivity contribution >= 4 is 33.6 Å². The summed E-state index contributed by atoms with van der Waals surface area (Å²) in [5.41, 5.74) is 1.83. The van der Waals surface area contributed by atoms with Gasteiger partial charge in [0.05, 0.1) is 6.54 Å². The number of hydroxylamine groups is 2. The number of carbonyl (C=O) groups excluding carboxylic acids is 2. The van der Waals surface area contributed by atoms with Gasteiger partial charge in [0, 0.05) is 10.4 Å². The molecular formula is C16H12FN2NaO6S2. The quantitative estimate of drug-likeness (QED) is 0.360. The molecule has 0 saturated carbocycles. The number of hydrogen-bond acceptors (Lipinski definition) is 7. The minimum atomic E-state index is -5.16. The zero-order chi connectivity index (χ0) is 19.5. The molecule has 2 aliphatic rings. The molecule has 28 heavy (non-hydrogen) atoms. The first-order valence-electron chi connectivity index (χ1n) is 7.80. The van der Waals surface area contributed by atoms with Crippen molar-refractivity contribution in [2.45, 2.75) is 19.0 Å². The molecule has 4 rings (SSSR count). The Bertz CT molecular complexity index is 1060. The van der Waals surface area contributed by atoms with E-state index in [4.69, 9.17) is 0 Å². The molecule has 2 atom stereocenters. The van der Waals surface area contributed by atoms with E-state index in [2.05, 4.69) is 4.28 Å². The van der Waals surface area contributed by atoms with Crippen molar-refractivity contribution in [3.63, 3.8) is 0 Å². The molecule has 0 aliphatic carbocycles. The van der Waals surface area contributed by atoms with Crippen LogP contribution in [0.15, 0.2) is 29.6 Å². The van der Waals surface area contributed by atoms with Crippen molar-refractivity contribution in [1.82, 2.24) is 9.96 Å². The molecule has 2 bridgehead atoms. The first-order valence-corrected chi connectivity index (χ1v) is 10.0. The molecule has 2 amide bonds. The van der Waals surface area contributed by atoms with Crippen molar-refractivity contribution < 1.29 is 60.8 Å². The normalized spacial score (nSPS) is 20.8. The average molecular weight is 434 g/mol. The van der Waals surface area contributed by atoms with E-state index in [1.54, 1.807) is 17.5 Å². The van der Waals surface area contributed by atoms with Crippen molar-refractivity contribution in [2.24, 2.45) is 0 Å². The second-order valence-electron chi connectivity index (χ2n) is 6.21. The molecule has 2 aliphatic heterocycles. The van der Waals surface area contributed by atoms with Crippen LogP contribution in [0.5, 0.6) is 0 Å². The molecular weight excluding hydrogens is 422 g/mol. The Balaban J connectivity index is 0.00000225. The predicted molar refractivity (Wildman–Crippen MR) is 90.6 cm³/mol. The molecule has 8 nitrogen and oxygen atoms in total. The van der Waals surface area contributed by atoms with Gasteiger partial charge in [-0.2, -0.15) is 9.35 Å². The Morgan fingerprint density at radius 1 is 1.32 bits per heavy atom. The SMILES string of the molecule is CC(=O)[C@@H]1c2c(-c3ccc(F)cc3)csc2C2CN1C(=O)N2OS(=O)(=O)[O-].[Na+]. The van der Waals surface area contributed by atoms with Crippen molar-refractivity contribution in [2.75, 3.05) is 6.54 Å². The summed E-state index contributed by atoms with van der Waals surface area (Å²) >= 11 is 1.22. The maximum Gasteiger partial charge on any atom is 1.00 e. The van der Waals surface area contributed by atoms with E-state index in [-0.39, 0.29) is 41.9 Å². The second-order valence-corrected chi connectivity index (χ2v) is 8.08. The summed E-state index contributed by atoms with van der Waals surface area (Å²) in [7, 11) is -5.16. The van der Waals surface area contributed by atoms with E-state index in [9.17, 15) is 27.0 Å². The number of urea groups is 1. The molecule has 0 spiro atoms. The summed E-state index contributed by atoms with van der Waals surface area (Å²) < 4.78 is 50.7. The fourth-order valence-corrected chi connectivity index (χ4v) is 5.09. The van der Waals surface area contributed by atoms with Gasteiger partial charge in [-0.15, -0.1) is 11.3 Å². The monoisotopic (exact) mass is 434 g/mol. The fraction of sp³-hybridized carbons (Fsp3) is 0.250. The standard InChI is InChI=1S/C16H13FN2O6S2.Na/c1-8(20)14-13-11(9-2-4-10(17)5-3-9)7-26-15(13)12-6-18(14)16(21)19(12)25-27(22,23)24;/h2-5,7,12,14H,6H2,1H3,(H,22,23,24);/q;+1/p-1/t12?,14-;/m1./s1. The van der Waals surface area contributed by atoms with Crippen LogP contribution in [0.1, 0.15) is 29.4 Å². The number of ketones is 1. The zero-order valence-corrected chi connectivity index (χ0v) is 18.4. The van der Waals surface area contributed by atoms with Crippen LogP contribution in [-0.2, 0) is 19.5 Å². The fourth-order valence-electron chi connectivity index (χ4n) is 3.54. The van der Waals surface area contributed by atoms with E-state index in [1.165, 1.54) is 35.3 Å². The number of hydrogen-bond donors (Lipinski definition) is 0. The second kappa shape index (κ2) is 7.48.